The Morgan fingerprint density at radius 3 is 1.91 bits per heavy atom. The number of aliphatic hydroxyl groups is 1. The largest absolute Gasteiger partial charge is 0.402 e. The zero-order valence-corrected chi connectivity index (χ0v) is 13.0. The number of thiophene rings is 1. The van der Waals surface area contributed by atoms with Crippen molar-refractivity contribution in [3.05, 3.63) is 16.5 Å². The third-order valence-corrected chi connectivity index (χ3v) is 4.91. The van der Waals surface area contributed by atoms with Gasteiger partial charge in [0.15, 0.2) is 5.92 Å². The Morgan fingerprint density at radius 1 is 1.17 bits per heavy atom. The molecule has 0 unspecified atom stereocenters. The van der Waals surface area contributed by atoms with Gasteiger partial charge < -0.3 is 5.11 Å². The molecule has 0 aromatic carbocycles. The topological polar surface area (TPSA) is 77.8 Å². The van der Waals surface area contributed by atoms with Crippen LogP contribution in [0.15, 0.2) is 12.1 Å². The van der Waals surface area contributed by atoms with E-state index in [4.69, 9.17) is 21.3 Å². The van der Waals surface area contributed by atoms with Crippen molar-refractivity contribution < 1.29 is 44.4 Å². The highest BCUT2D eigenvalue weighted by molar-refractivity contribution is 7.87. The van der Waals surface area contributed by atoms with Gasteiger partial charge in [0.2, 0.25) is 0 Å². The number of rotatable bonds is 5. The first-order valence-electron chi connectivity index (χ1n) is 5.46. The Balaban J connectivity index is 3.52. The molecule has 0 saturated heterocycles. The summed E-state index contributed by atoms with van der Waals surface area (Å²) in [6.45, 7) is -1.85. The fourth-order valence-corrected chi connectivity index (χ4v) is 4.02. The number of alkyl halides is 6. The minimum atomic E-state index is -5.92. The molecule has 0 aliphatic carbocycles. The number of aliphatic hydroxyl groups excluding tert-OH is 1. The molecule has 0 fully saturated rings. The summed E-state index contributed by atoms with van der Waals surface area (Å²) in [5, 5.41) is 8.27. The minimum Gasteiger partial charge on any atom is -0.394 e. The normalized spacial score (nSPS) is 15.0. The average Bonchev–Trinajstić information content (AvgIpc) is 2.68. The highest BCUT2D eigenvalue weighted by Gasteiger charge is 2.62. The van der Waals surface area contributed by atoms with Crippen LogP contribution in [0, 0.1) is 5.92 Å². The molecule has 14 heteroatoms. The SMILES string of the molecule is O=S(=O)(O)N(c1ccc(Cl)s1)[C@H](CO)C(C(F)(F)F)C(F)(F)F. The van der Waals surface area contributed by atoms with Crippen LogP contribution in [0.1, 0.15) is 0 Å². The van der Waals surface area contributed by atoms with Crippen LogP contribution in [0.4, 0.5) is 31.3 Å². The molecule has 1 rings (SSSR count). The van der Waals surface area contributed by atoms with Crippen molar-refractivity contribution in [3.8, 4) is 0 Å². The lowest BCUT2D eigenvalue weighted by atomic mass is 9.99. The van der Waals surface area contributed by atoms with Gasteiger partial charge in [-0.2, -0.15) is 34.8 Å². The van der Waals surface area contributed by atoms with Crippen LogP contribution in [-0.2, 0) is 10.3 Å². The van der Waals surface area contributed by atoms with Crippen molar-refractivity contribution in [2.75, 3.05) is 10.9 Å². The van der Waals surface area contributed by atoms with Crippen LogP contribution in [0.3, 0.4) is 0 Å². The van der Waals surface area contributed by atoms with Crippen molar-refractivity contribution in [2.45, 2.75) is 18.4 Å². The second-order valence-electron chi connectivity index (χ2n) is 4.16. The Kier molecular flexibility index (Phi) is 5.84. The molecule has 1 atom stereocenters. The Labute approximate surface area is 135 Å². The maximum atomic E-state index is 12.8. The molecule has 0 amide bonds. The molecular weight excluding hydrogens is 400 g/mol. The zero-order chi connectivity index (χ0) is 18.2. The molecule has 0 aliphatic heterocycles. The molecular formula is C9H8ClF6NO4S2. The first kappa shape index (κ1) is 20.3. The summed E-state index contributed by atoms with van der Waals surface area (Å²) >= 11 is 5.78. The van der Waals surface area contributed by atoms with E-state index in [1.54, 1.807) is 0 Å². The van der Waals surface area contributed by atoms with Gasteiger partial charge in [-0.3, -0.25) is 4.55 Å². The van der Waals surface area contributed by atoms with Gasteiger partial charge in [-0.25, -0.2) is 4.31 Å². The van der Waals surface area contributed by atoms with Crippen LogP contribution < -0.4 is 4.31 Å². The molecule has 134 valence electrons. The summed E-state index contributed by atoms with van der Waals surface area (Å²) in [7, 11) is -5.56. The second-order valence-corrected chi connectivity index (χ2v) is 7.14. The standard InChI is InChI=1S/C9H8ClF6NO4S2/c10-5-1-2-6(22-5)17(23(19,20)21)4(3-18)7(8(11,12)13)9(14,15)16/h1-2,4,7,18H,3H2,(H,19,20,21)/t4-/m1/s1. The number of hydrogen-bond donors (Lipinski definition) is 2. The first-order chi connectivity index (χ1) is 10.2. The number of anilines is 1. The van der Waals surface area contributed by atoms with Crippen molar-refractivity contribution in [1.29, 1.82) is 0 Å². The quantitative estimate of drug-likeness (QED) is 0.581. The van der Waals surface area contributed by atoms with Crippen LogP contribution in [-0.4, -0.2) is 43.1 Å². The zero-order valence-electron chi connectivity index (χ0n) is 10.6. The Morgan fingerprint density at radius 2 is 1.65 bits per heavy atom. The van der Waals surface area contributed by atoms with Gasteiger partial charge in [0, 0.05) is 0 Å². The maximum absolute atomic E-state index is 12.8. The van der Waals surface area contributed by atoms with Crippen molar-refractivity contribution in [1.82, 2.24) is 0 Å². The highest BCUT2D eigenvalue weighted by atomic mass is 35.5. The van der Waals surface area contributed by atoms with Crippen LogP contribution >= 0.6 is 22.9 Å². The third kappa shape index (κ3) is 4.86. The van der Waals surface area contributed by atoms with Gasteiger partial charge in [0.25, 0.3) is 0 Å². The van der Waals surface area contributed by atoms with E-state index in [-0.39, 0.29) is 4.34 Å². The molecule has 0 spiro atoms. The molecule has 1 aromatic heterocycles. The van der Waals surface area contributed by atoms with Crippen LogP contribution in [0.25, 0.3) is 0 Å². The summed E-state index contributed by atoms with van der Waals surface area (Å²) in [5.74, 6) is -4.22. The fraction of sp³-hybridized carbons (Fsp3) is 0.556. The van der Waals surface area contributed by atoms with Gasteiger partial charge >= 0.3 is 22.7 Å². The predicted molar refractivity (Wildman–Crippen MR) is 69.8 cm³/mol. The molecule has 0 saturated carbocycles. The smallest absolute Gasteiger partial charge is 0.394 e. The highest BCUT2D eigenvalue weighted by Crippen LogP contribution is 2.45. The molecule has 0 aliphatic rings. The summed E-state index contributed by atoms with van der Waals surface area (Å²) in [4.78, 5) is 0. The third-order valence-electron chi connectivity index (χ3n) is 2.60. The molecule has 1 aromatic rings. The molecule has 5 nitrogen and oxygen atoms in total. The van der Waals surface area contributed by atoms with Gasteiger partial charge in [0.1, 0.15) is 5.00 Å². The maximum Gasteiger partial charge on any atom is 0.402 e. The minimum absolute atomic E-state index is 0.152. The Bertz CT molecular complexity index is 629. The van der Waals surface area contributed by atoms with E-state index in [1.807, 2.05) is 0 Å². The van der Waals surface area contributed by atoms with E-state index in [9.17, 15) is 34.8 Å². The van der Waals surface area contributed by atoms with Crippen LogP contribution in [0.2, 0.25) is 4.34 Å². The summed E-state index contributed by atoms with van der Waals surface area (Å²) in [6.07, 6.45) is -11.8. The molecule has 0 radical (unpaired) electrons. The summed E-state index contributed by atoms with van der Waals surface area (Å²) < 4.78 is 108. The summed E-state index contributed by atoms with van der Waals surface area (Å²) in [5.41, 5.74) is 0. The van der Waals surface area contributed by atoms with Crippen molar-refractivity contribution in [3.63, 3.8) is 0 Å². The lowest BCUT2D eigenvalue weighted by Crippen LogP contribution is -2.56. The van der Waals surface area contributed by atoms with Crippen molar-refractivity contribution in [2.24, 2.45) is 5.92 Å². The monoisotopic (exact) mass is 407 g/mol. The number of hydrogen-bond acceptors (Lipinski definition) is 4. The van der Waals surface area contributed by atoms with E-state index < -0.39 is 50.5 Å². The van der Waals surface area contributed by atoms with E-state index in [0.29, 0.717) is 11.3 Å². The second kappa shape index (κ2) is 6.63. The van der Waals surface area contributed by atoms with Crippen molar-refractivity contribution >= 4 is 38.2 Å². The Hall–Kier alpha value is -0.760. The fourth-order valence-electron chi connectivity index (χ4n) is 1.81. The van der Waals surface area contributed by atoms with E-state index >= 15 is 0 Å². The number of halogens is 7. The van der Waals surface area contributed by atoms with E-state index in [1.165, 1.54) is 0 Å². The molecule has 2 N–H and O–H groups in total. The van der Waals surface area contributed by atoms with Gasteiger partial charge in [-0.15, -0.1) is 11.3 Å². The lowest BCUT2D eigenvalue weighted by Gasteiger charge is -2.35. The molecule has 0 bridgehead atoms. The molecule has 23 heavy (non-hydrogen) atoms. The summed E-state index contributed by atoms with van der Waals surface area (Å²) in [6, 6.07) is -1.25. The van der Waals surface area contributed by atoms with Crippen LogP contribution in [0.5, 0.6) is 0 Å². The lowest BCUT2D eigenvalue weighted by molar-refractivity contribution is -0.290. The average molecular weight is 408 g/mol. The molecule has 1 heterocycles. The predicted octanol–water partition coefficient (Wildman–Crippen LogP) is 3.11. The van der Waals surface area contributed by atoms with E-state index in [2.05, 4.69) is 0 Å². The first-order valence-corrected chi connectivity index (χ1v) is 8.05. The van der Waals surface area contributed by atoms with E-state index in [0.717, 1.165) is 12.1 Å². The van der Waals surface area contributed by atoms with Gasteiger partial charge in [0.05, 0.1) is 17.0 Å². The van der Waals surface area contributed by atoms with Gasteiger partial charge in [-0.05, 0) is 12.1 Å². The van der Waals surface area contributed by atoms with Gasteiger partial charge in [-0.1, -0.05) is 11.6 Å². The number of nitrogens with zero attached hydrogens (tertiary/aromatic N) is 1.